The van der Waals surface area contributed by atoms with E-state index in [-0.39, 0.29) is 31.5 Å². The number of ether oxygens (including phenoxy) is 1. The lowest BCUT2D eigenvalue weighted by atomic mass is 10.0. The minimum atomic E-state index is -4.70. The molecule has 0 rings (SSSR count). The molecular weight excluding hydrogens is 988 g/mol. The second-order valence-corrected chi connectivity index (χ2v) is 25.4. The normalized spacial score (nSPS) is 13.9. The number of allylic oxidation sites excluding steroid dienone is 7. The summed E-state index contributed by atoms with van der Waals surface area (Å²) in [5.74, 6) is -0.529. The summed E-state index contributed by atoms with van der Waals surface area (Å²) in [7, 11) is 1.19. The molecular formula is C68H129N2O7P. The van der Waals surface area contributed by atoms with E-state index in [1.54, 1.807) is 0 Å². The van der Waals surface area contributed by atoms with Crippen molar-refractivity contribution in [3.63, 3.8) is 0 Å². The Labute approximate surface area is 484 Å². The van der Waals surface area contributed by atoms with Crippen molar-refractivity contribution in [2.24, 2.45) is 0 Å². The molecule has 1 N–H and O–H groups in total. The number of hydrogen-bond donors (Lipinski definition) is 1. The molecule has 0 spiro atoms. The van der Waals surface area contributed by atoms with Gasteiger partial charge in [-0.05, 0) is 70.3 Å². The summed E-state index contributed by atoms with van der Waals surface area (Å²) < 4.78 is 30.4. The number of likely N-dealkylation sites (N-methyl/N-ethyl adjacent to an activating group) is 1. The van der Waals surface area contributed by atoms with Crippen LogP contribution in [0.1, 0.15) is 323 Å². The highest BCUT2D eigenvalue weighted by molar-refractivity contribution is 7.45. The van der Waals surface area contributed by atoms with Crippen molar-refractivity contribution in [2.45, 2.75) is 335 Å². The standard InChI is InChI=1S/C68H129N2O7P/c1-7-10-13-16-19-22-25-28-30-31-32-33-34-35-36-37-38-39-41-42-45-48-51-54-57-60-67(71)69-65(64-76-78(73,74)75-63-62-70(4,5)6)66(59-56-53-50-47-44-27-24-21-18-15-12-9-3)77-68(72)61-58-55-52-49-46-43-40-29-26-23-20-17-14-11-8-2/h19,22,28,30,32-33,56,59,65-66H,7-18,20-21,23-27,29,31,34-55,57-58,60-64H2,1-6H3,(H-,69,71,73,74)/b22-19-,30-28-,33-32-,59-56-. The monoisotopic (exact) mass is 1120 g/mol. The van der Waals surface area contributed by atoms with Crippen LogP contribution in [0.15, 0.2) is 48.6 Å². The van der Waals surface area contributed by atoms with Gasteiger partial charge >= 0.3 is 5.97 Å². The molecule has 78 heavy (non-hydrogen) atoms. The molecule has 0 aliphatic heterocycles. The molecule has 3 unspecified atom stereocenters. The van der Waals surface area contributed by atoms with Crippen molar-refractivity contribution in [3.8, 4) is 0 Å². The molecule has 1 amide bonds. The molecule has 3 atom stereocenters. The van der Waals surface area contributed by atoms with Crippen LogP contribution < -0.4 is 10.2 Å². The van der Waals surface area contributed by atoms with Crippen LogP contribution in [0.25, 0.3) is 0 Å². The van der Waals surface area contributed by atoms with Crippen LogP contribution in [0.2, 0.25) is 0 Å². The maximum atomic E-state index is 13.6. The maximum Gasteiger partial charge on any atom is 0.306 e. The van der Waals surface area contributed by atoms with E-state index in [9.17, 15) is 19.0 Å². The molecule has 0 saturated carbocycles. The molecule has 0 saturated heterocycles. The fraction of sp³-hybridized carbons (Fsp3) is 0.853. The number of nitrogens with one attached hydrogen (secondary N) is 1. The Bertz CT molecular complexity index is 1470. The van der Waals surface area contributed by atoms with E-state index in [4.69, 9.17) is 13.8 Å². The first-order chi connectivity index (χ1) is 37.9. The number of phosphoric ester groups is 1. The lowest BCUT2D eigenvalue weighted by molar-refractivity contribution is -0.870. The van der Waals surface area contributed by atoms with Gasteiger partial charge in [0.2, 0.25) is 5.91 Å². The second kappa shape index (κ2) is 58.2. The average molecular weight is 1120 g/mol. The Morgan fingerprint density at radius 2 is 0.782 bits per heavy atom. The molecule has 0 aromatic carbocycles. The van der Waals surface area contributed by atoms with E-state index in [0.717, 1.165) is 70.6 Å². The Balaban J connectivity index is 5.08. The number of esters is 1. The van der Waals surface area contributed by atoms with Gasteiger partial charge in [-0.3, -0.25) is 14.2 Å². The van der Waals surface area contributed by atoms with E-state index in [1.165, 1.54) is 218 Å². The molecule has 0 aromatic heterocycles. The quantitative estimate of drug-likeness (QED) is 0.0212. The molecule has 9 nitrogen and oxygen atoms in total. The van der Waals surface area contributed by atoms with Gasteiger partial charge in [-0.15, -0.1) is 0 Å². The van der Waals surface area contributed by atoms with Crippen molar-refractivity contribution >= 4 is 19.7 Å². The van der Waals surface area contributed by atoms with Gasteiger partial charge in [-0.25, -0.2) is 0 Å². The average Bonchev–Trinajstić information content (AvgIpc) is 3.40. The number of rotatable bonds is 61. The second-order valence-electron chi connectivity index (χ2n) is 24.0. The molecule has 0 aliphatic carbocycles. The van der Waals surface area contributed by atoms with Gasteiger partial charge in [-0.2, -0.15) is 0 Å². The number of phosphoric acid groups is 1. The van der Waals surface area contributed by atoms with Crippen LogP contribution >= 0.6 is 7.82 Å². The predicted molar refractivity (Wildman–Crippen MR) is 335 cm³/mol. The van der Waals surface area contributed by atoms with Crippen molar-refractivity contribution in [1.82, 2.24) is 5.32 Å². The van der Waals surface area contributed by atoms with Crippen molar-refractivity contribution in [1.29, 1.82) is 0 Å². The minimum absolute atomic E-state index is 0.0209. The highest BCUT2D eigenvalue weighted by atomic mass is 31.2. The third-order valence-corrected chi connectivity index (χ3v) is 16.0. The summed E-state index contributed by atoms with van der Waals surface area (Å²) in [6.07, 6.45) is 72.2. The van der Waals surface area contributed by atoms with E-state index >= 15 is 0 Å². The van der Waals surface area contributed by atoms with Crippen molar-refractivity contribution in [3.05, 3.63) is 48.6 Å². The Kier molecular flexibility index (Phi) is 56.7. The number of nitrogens with zero attached hydrogens (tertiary/aromatic N) is 1. The fourth-order valence-corrected chi connectivity index (χ4v) is 10.5. The minimum Gasteiger partial charge on any atom is -0.756 e. The number of unbranched alkanes of at least 4 members (excludes halogenated alkanes) is 39. The summed E-state index contributed by atoms with van der Waals surface area (Å²) in [4.78, 5) is 40.1. The first kappa shape index (κ1) is 76.0. The van der Waals surface area contributed by atoms with Gasteiger partial charge in [0.05, 0.1) is 33.8 Å². The zero-order valence-electron chi connectivity index (χ0n) is 52.4. The summed E-state index contributed by atoms with van der Waals surface area (Å²) in [5, 5.41) is 3.04. The Morgan fingerprint density at radius 1 is 0.449 bits per heavy atom. The van der Waals surface area contributed by atoms with Gasteiger partial charge < -0.3 is 28.5 Å². The van der Waals surface area contributed by atoms with E-state index < -0.39 is 20.0 Å². The van der Waals surface area contributed by atoms with Crippen LogP contribution in [-0.4, -0.2) is 69.4 Å². The molecule has 0 aromatic rings. The van der Waals surface area contributed by atoms with E-state index in [0.29, 0.717) is 17.4 Å². The van der Waals surface area contributed by atoms with Crippen LogP contribution in [0, 0.1) is 0 Å². The fourth-order valence-electron chi connectivity index (χ4n) is 9.83. The number of amides is 1. The van der Waals surface area contributed by atoms with E-state index in [1.807, 2.05) is 33.3 Å². The van der Waals surface area contributed by atoms with Gasteiger partial charge in [0.15, 0.2) is 0 Å². The Morgan fingerprint density at radius 3 is 1.19 bits per heavy atom. The third kappa shape index (κ3) is 58.6. The molecule has 0 heterocycles. The van der Waals surface area contributed by atoms with Gasteiger partial charge in [0.1, 0.15) is 19.3 Å². The Hall–Kier alpha value is -2.03. The molecule has 0 bridgehead atoms. The third-order valence-electron chi connectivity index (χ3n) is 15.0. The van der Waals surface area contributed by atoms with Crippen LogP contribution in [0.5, 0.6) is 0 Å². The SMILES string of the molecule is CCCCC/C=C\C/C=C\C/C=C\CCCCCCCCCCCCCCC(=O)NC(COP(=O)([O-])OCC[N+](C)(C)C)C(/C=C\CCCCCCCCCCCC)OC(=O)CCCCCCCCCCCCCCCCC. The van der Waals surface area contributed by atoms with Crippen molar-refractivity contribution in [2.75, 3.05) is 40.9 Å². The molecule has 0 radical (unpaired) electrons. The highest BCUT2D eigenvalue weighted by Gasteiger charge is 2.27. The number of carbonyl (C=O) groups is 2. The lowest BCUT2D eigenvalue weighted by Gasteiger charge is -2.30. The van der Waals surface area contributed by atoms with Gasteiger partial charge in [0, 0.05) is 12.8 Å². The maximum absolute atomic E-state index is 13.6. The van der Waals surface area contributed by atoms with Gasteiger partial charge in [0.25, 0.3) is 7.82 Å². The highest BCUT2D eigenvalue weighted by Crippen LogP contribution is 2.38. The predicted octanol–water partition coefficient (Wildman–Crippen LogP) is 20.2. The number of hydrogen-bond acceptors (Lipinski definition) is 7. The van der Waals surface area contributed by atoms with Crippen molar-refractivity contribution < 1.29 is 37.3 Å². The summed E-state index contributed by atoms with van der Waals surface area (Å²) in [6.45, 7) is 6.85. The number of quaternary nitrogens is 1. The van der Waals surface area contributed by atoms with Crippen LogP contribution in [0.4, 0.5) is 0 Å². The van der Waals surface area contributed by atoms with Gasteiger partial charge in [-0.1, -0.05) is 288 Å². The largest absolute Gasteiger partial charge is 0.756 e. The smallest absolute Gasteiger partial charge is 0.306 e. The lowest BCUT2D eigenvalue weighted by Crippen LogP contribution is -2.47. The number of carbonyl (C=O) groups excluding carboxylic acids is 2. The summed E-state index contributed by atoms with van der Waals surface area (Å²) in [5.41, 5.74) is 0. The van der Waals surface area contributed by atoms with Crippen LogP contribution in [0.3, 0.4) is 0 Å². The molecule has 10 heteroatoms. The summed E-state index contributed by atoms with van der Waals surface area (Å²) in [6, 6.07) is -0.886. The van der Waals surface area contributed by atoms with Crippen LogP contribution in [-0.2, 0) is 27.9 Å². The first-order valence-corrected chi connectivity index (χ1v) is 34.9. The molecule has 0 aliphatic rings. The topological polar surface area (TPSA) is 114 Å². The first-order valence-electron chi connectivity index (χ1n) is 33.4. The van der Waals surface area contributed by atoms with E-state index in [2.05, 4.69) is 62.5 Å². The zero-order valence-corrected chi connectivity index (χ0v) is 53.3. The molecule has 458 valence electrons. The zero-order chi connectivity index (χ0) is 57.2. The summed E-state index contributed by atoms with van der Waals surface area (Å²) >= 11 is 0. The molecule has 0 fully saturated rings.